The average Bonchev–Trinajstić information content (AvgIpc) is 2.40. The number of carboxylic acids is 1. The number of carbonyl (C=O) groups is 1. The van der Waals surface area contributed by atoms with E-state index in [-0.39, 0.29) is 0 Å². The Bertz CT molecular complexity index is 400. The molecular formula is C13H19NO4S. The molecule has 0 saturated heterocycles. The first-order valence-electron chi connectivity index (χ1n) is 6.06. The van der Waals surface area contributed by atoms with Gasteiger partial charge in [-0.25, -0.2) is 0 Å². The summed E-state index contributed by atoms with van der Waals surface area (Å²) in [5, 5.41) is 8.63. The summed E-state index contributed by atoms with van der Waals surface area (Å²) in [6.07, 6.45) is 0. The average molecular weight is 285 g/mol. The SMILES string of the molecule is CCOc1ccccc1OCCSCC(N)C(=O)O. The van der Waals surface area contributed by atoms with Crippen molar-refractivity contribution in [1.29, 1.82) is 0 Å². The Morgan fingerprint density at radius 2 is 2.00 bits per heavy atom. The van der Waals surface area contributed by atoms with Crippen LogP contribution < -0.4 is 15.2 Å². The molecular weight excluding hydrogens is 266 g/mol. The van der Waals surface area contributed by atoms with Gasteiger partial charge in [-0.05, 0) is 19.1 Å². The molecule has 1 rings (SSSR count). The molecule has 0 heterocycles. The highest BCUT2D eigenvalue weighted by Crippen LogP contribution is 2.26. The number of rotatable bonds is 9. The van der Waals surface area contributed by atoms with Gasteiger partial charge in [0.2, 0.25) is 0 Å². The van der Waals surface area contributed by atoms with Crippen LogP contribution in [0.5, 0.6) is 11.5 Å². The Morgan fingerprint density at radius 1 is 1.37 bits per heavy atom. The van der Waals surface area contributed by atoms with Crippen LogP contribution >= 0.6 is 11.8 Å². The molecule has 0 aliphatic rings. The Morgan fingerprint density at radius 3 is 2.58 bits per heavy atom. The quantitative estimate of drug-likeness (QED) is 0.671. The molecule has 5 nitrogen and oxygen atoms in total. The van der Waals surface area contributed by atoms with Crippen LogP contribution in [0, 0.1) is 0 Å². The van der Waals surface area contributed by atoms with Crippen LogP contribution in [-0.4, -0.2) is 41.8 Å². The van der Waals surface area contributed by atoms with Gasteiger partial charge in [0, 0.05) is 11.5 Å². The van der Waals surface area contributed by atoms with Gasteiger partial charge in [-0.15, -0.1) is 0 Å². The number of aliphatic carboxylic acids is 1. The summed E-state index contributed by atoms with van der Waals surface area (Å²) < 4.78 is 11.0. The van der Waals surface area contributed by atoms with Gasteiger partial charge in [-0.1, -0.05) is 12.1 Å². The second-order valence-electron chi connectivity index (χ2n) is 3.75. The number of nitrogens with two attached hydrogens (primary N) is 1. The van der Waals surface area contributed by atoms with Crippen molar-refractivity contribution in [2.75, 3.05) is 24.7 Å². The lowest BCUT2D eigenvalue weighted by atomic mass is 10.3. The molecule has 1 unspecified atom stereocenters. The maximum atomic E-state index is 10.5. The largest absolute Gasteiger partial charge is 0.490 e. The Hall–Kier alpha value is -1.40. The third-order valence-corrected chi connectivity index (χ3v) is 3.30. The van der Waals surface area contributed by atoms with Crippen molar-refractivity contribution >= 4 is 17.7 Å². The number of hydrogen-bond acceptors (Lipinski definition) is 5. The summed E-state index contributed by atoms with van der Waals surface area (Å²) in [4.78, 5) is 10.5. The smallest absolute Gasteiger partial charge is 0.321 e. The molecule has 0 aromatic heterocycles. The zero-order chi connectivity index (χ0) is 14.1. The van der Waals surface area contributed by atoms with Gasteiger partial charge >= 0.3 is 5.97 Å². The molecule has 0 aliphatic heterocycles. The number of thioether (sulfide) groups is 1. The van der Waals surface area contributed by atoms with Gasteiger partial charge in [0.25, 0.3) is 0 Å². The van der Waals surface area contributed by atoms with Gasteiger partial charge in [0.05, 0.1) is 13.2 Å². The molecule has 1 atom stereocenters. The molecule has 0 amide bonds. The minimum absolute atomic E-state index is 0.381. The molecule has 106 valence electrons. The van der Waals surface area contributed by atoms with E-state index in [1.165, 1.54) is 11.8 Å². The molecule has 0 saturated carbocycles. The monoisotopic (exact) mass is 285 g/mol. The number of ether oxygens (including phenoxy) is 2. The van der Waals surface area contributed by atoms with Crippen LogP contribution in [0.1, 0.15) is 6.92 Å². The van der Waals surface area contributed by atoms with E-state index in [0.717, 1.165) is 5.75 Å². The van der Waals surface area contributed by atoms with E-state index in [1.54, 1.807) is 0 Å². The second kappa shape index (κ2) is 8.66. The van der Waals surface area contributed by atoms with Gasteiger partial charge in [0.15, 0.2) is 11.5 Å². The summed E-state index contributed by atoms with van der Waals surface area (Å²) in [5.74, 6) is 1.51. The van der Waals surface area contributed by atoms with E-state index >= 15 is 0 Å². The van der Waals surface area contributed by atoms with Gasteiger partial charge in [-0.3, -0.25) is 4.79 Å². The Balaban J connectivity index is 2.27. The normalized spacial score (nSPS) is 11.9. The summed E-state index contributed by atoms with van der Waals surface area (Å²) in [6, 6.07) is 6.65. The first-order valence-corrected chi connectivity index (χ1v) is 7.21. The summed E-state index contributed by atoms with van der Waals surface area (Å²) in [6.45, 7) is 2.99. The van der Waals surface area contributed by atoms with Gasteiger partial charge < -0.3 is 20.3 Å². The molecule has 0 radical (unpaired) electrons. The number of carboxylic acid groups (broad SMARTS) is 1. The Kier molecular flexibility index (Phi) is 7.14. The highest BCUT2D eigenvalue weighted by atomic mass is 32.2. The van der Waals surface area contributed by atoms with E-state index in [4.69, 9.17) is 20.3 Å². The topological polar surface area (TPSA) is 81.8 Å². The molecule has 6 heteroatoms. The summed E-state index contributed by atoms with van der Waals surface area (Å²) in [5.41, 5.74) is 5.39. The molecule has 1 aromatic rings. The van der Waals surface area contributed by atoms with Crippen molar-refractivity contribution in [3.05, 3.63) is 24.3 Å². The minimum Gasteiger partial charge on any atom is -0.490 e. The lowest BCUT2D eigenvalue weighted by Gasteiger charge is -2.11. The molecule has 1 aromatic carbocycles. The molecule has 0 fully saturated rings. The minimum atomic E-state index is -0.977. The second-order valence-corrected chi connectivity index (χ2v) is 4.90. The van der Waals surface area contributed by atoms with E-state index < -0.39 is 12.0 Å². The molecule has 0 bridgehead atoms. The molecule has 3 N–H and O–H groups in total. The van der Waals surface area contributed by atoms with Crippen molar-refractivity contribution in [2.45, 2.75) is 13.0 Å². The fourth-order valence-corrected chi connectivity index (χ4v) is 2.10. The van der Waals surface area contributed by atoms with Crippen LogP contribution in [-0.2, 0) is 4.79 Å². The van der Waals surface area contributed by atoms with E-state index in [1.807, 2.05) is 31.2 Å². The van der Waals surface area contributed by atoms with Crippen molar-refractivity contribution in [3.8, 4) is 11.5 Å². The fourth-order valence-electron chi connectivity index (χ4n) is 1.34. The fraction of sp³-hybridized carbons (Fsp3) is 0.462. The van der Waals surface area contributed by atoms with Gasteiger partial charge in [0.1, 0.15) is 6.04 Å². The predicted molar refractivity (Wildman–Crippen MR) is 76.0 cm³/mol. The number of para-hydroxylation sites is 2. The third kappa shape index (κ3) is 5.85. The summed E-state index contributed by atoms with van der Waals surface area (Å²) >= 11 is 1.46. The van der Waals surface area contributed by atoms with Crippen molar-refractivity contribution in [3.63, 3.8) is 0 Å². The lowest BCUT2D eigenvalue weighted by molar-refractivity contribution is -0.137. The summed E-state index contributed by atoms with van der Waals surface area (Å²) in [7, 11) is 0. The van der Waals surface area contributed by atoms with Crippen LogP contribution in [0.15, 0.2) is 24.3 Å². The first-order chi connectivity index (χ1) is 9.15. The molecule has 0 spiro atoms. The zero-order valence-corrected chi connectivity index (χ0v) is 11.7. The van der Waals surface area contributed by atoms with Crippen molar-refractivity contribution in [2.24, 2.45) is 5.73 Å². The molecule has 19 heavy (non-hydrogen) atoms. The maximum absolute atomic E-state index is 10.5. The number of benzene rings is 1. The van der Waals surface area contributed by atoms with Crippen LogP contribution in [0.3, 0.4) is 0 Å². The first kappa shape index (κ1) is 15.7. The van der Waals surface area contributed by atoms with E-state index in [2.05, 4.69) is 0 Å². The van der Waals surface area contributed by atoms with Crippen LogP contribution in [0.25, 0.3) is 0 Å². The number of hydrogen-bond donors (Lipinski definition) is 2. The zero-order valence-electron chi connectivity index (χ0n) is 10.9. The van der Waals surface area contributed by atoms with Crippen LogP contribution in [0.2, 0.25) is 0 Å². The highest BCUT2D eigenvalue weighted by molar-refractivity contribution is 7.99. The van der Waals surface area contributed by atoms with E-state index in [0.29, 0.717) is 30.5 Å². The third-order valence-electron chi connectivity index (χ3n) is 2.25. The van der Waals surface area contributed by atoms with Crippen LogP contribution in [0.4, 0.5) is 0 Å². The van der Waals surface area contributed by atoms with Crippen molar-refractivity contribution < 1.29 is 19.4 Å². The standard InChI is InChI=1S/C13H19NO4S/c1-2-17-11-5-3-4-6-12(11)18-7-8-19-9-10(14)13(15)16/h3-6,10H,2,7-9,14H2,1H3,(H,15,16). The molecule has 0 aliphatic carbocycles. The Labute approximate surface area is 117 Å². The predicted octanol–water partition coefficient (Wildman–Crippen LogP) is 1.61. The lowest BCUT2D eigenvalue weighted by Crippen LogP contribution is -2.32. The van der Waals surface area contributed by atoms with Crippen molar-refractivity contribution in [1.82, 2.24) is 0 Å². The van der Waals surface area contributed by atoms with E-state index in [9.17, 15) is 4.79 Å². The highest BCUT2D eigenvalue weighted by Gasteiger charge is 2.10. The van der Waals surface area contributed by atoms with Gasteiger partial charge in [-0.2, -0.15) is 11.8 Å². The maximum Gasteiger partial charge on any atom is 0.321 e.